The fourth-order valence-electron chi connectivity index (χ4n) is 2.13. The number of nitrogens with one attached hydrogen (secondary N) is 2. The Kier molecular flexibility index (Phi) is 11.5. The molecule has 0 aromatic carbocycles. The van der Waals surface area contributed by atoms with Gasteiger partial charge in [0.25, 0.3) is 0 Å². The largest absolute Gasteiger partial charge is 0.356 e. The molecule has 0 rings (SSSR count). The maximum atomic E-state index is 4.29. The number of aliphatic imine (C=N–C) groups is 1. The van der Waals surface area contributed by atoms with Gasteiger partial charge in [-0.25, -0.2) is 0 Å². The van der Waals surface area contributed by atoms with Crippen LogP contribution in [0.2, 0.25) is 0 Å². The van der Waals surface area contributed by atoms with Gasteiger partial charge in [0.05, 0.1) is 0 Å². The fraction of sp³-hybridized carbons (Fsp3) is 0.938. The van der Waals surface area contributed by atoms with Crippen LogP contribution in [0.25, 0.3) is 0 Å². The molecule has 4 heteroatoms. The summed E-state index contributed by atoms with van der Waals surface area (Å²) < 4.78 is 0. The van der Waals surface area contributed by atoms with E-state index in [0.29, 0.717) is 6.04 Å². The summed E-state index contributed by atoms with van der Waals surface area (Å²) in [5, 5.41) is 6.87. The zero-order valence-corrected chi connectivity index (χ0v) is 14.5. The van der Waals surface area contributed by atoms with Gasteiger partial charge in [-0.2, -0.15) is 0 Å². The van der Waals surface area contributed by atoms with Crippen molar-refractivity contribution in [1.82, 2.24) is 15.5 Å². The van der Waals surface area contributed by atoms with Crippen molar-refractivity contribution in [2.24, 2.45) is 10.9 Å². The summed E-state index contributed by atoms with van der Waals surface area (Å²) in [4.78, 5) is 6.74. The van der Waals surface area contributed by atoms with Crippen LogP contribution in [0.4, 0.5) is 0 Å². The molecule has 0 saturated heterocycles. The second-order valence-electron chi connectivity index (χ2n) is 5.90. The van der Waals surface area contributed by atoms with Gasteiger partial charge in [-0.05, 0) is 51.7 Å². The quantitative estimate of drug-likeness (QED) is 0.368. The number of hydrogen-bond acceptors (Lipinski definition) is 2. The molecule has 120 valence electrons. The van der Waals surface area contributed by atoms with Crippen molar-refractivity contribution in [2.75, 3.05) is 33.2 Å². The van der Waals surface area contributed by atoms with Gasteiger partial charge in [0.2, 0.25) is 0 Å². The van der Waals surface area contributed by atoms with Gasteiger partial charge in [0.1, 0.15) is 0 Å². The Balaban J connectivity index is 3.82. The predicted molar refractivity (Wildman–Crippen MR) is 90.4 cm³/mol. The minimum atomic E-state index is 0.478. The summed E-state index contributed by atoms with van der Waals surface area (Å²) in [6.45, 7) is 15.6. The molecule has 0 aromatic heterocycles. The van der Waals surface area contributed by atoms with Gasteiger partial charge >= 0.3 is 0 Å². The smallest absolute Gasteiger partial charge is 0.191 e. The standard InChI is InChI=1S/C16H36N4/c1-7-20(8-2)13-9-12-18-16(17-6)19-15(5)11-10-14(3)4/h14-15H,7-13H2,1-6H3,(H2,17,18,19). The minimum Gasteiger partial charge on any atom is -0.356 e. The van der Waals surface area contributed by atoms with Crippen molar-refractivity contribution >= 4 is 5.96 Å². The Labute approximate surface area is 126 Å². The van der Waals surface area contributed by atoms with Crippen LogP contribution in [0.5, 0.6) is 0 Å². The van der Waals surface area contributed by atoms with Crippen molar-refractivity contribution in [3.8, 4) is 0 Å². The first kappa shape index (κ1) is 19.2. The Bertz CT molecular complexity index is 247. The lowest BCUT2D eigenvalue weighted by molar-refractivity contribution is 0.300. The maximum Gasteiger partial charge on any atom is 0.191 e. The van der Waals surface area contributed by atoms with E-state index in [-0.39, 0.29) is 0 Å². The van der Waals surface area contributed by atoms with Gasteiger partial charge in [-0.3, -0.25) is 4.99 Å². The van der Waals surface area contributed by atoms with Crippen LogP contribution in [0, 0.1) is 5.92 Å². The molecule has 0 spiro atoms. The molecule has 20 heavy (non-hydrogen) atoms. The van der Waals surface area contributed by atoms with Gasteiger partial charge in [0.15, 0.2) is 5.96 Å². The molecule has 4 nitrogen and oxygen atoms in total. The fourth-order valence-corrected chi connectivity index (χ4v) is 2.13. The molecule has 0 aromatic rings. The first-order valence-corrected chi connectivity index (χ1v) is 8.22. The van der Waals surface area contributed by atoms with Crippen molar-refractivity contribution < 1.29 is 0 Å². The lowest BCUT2D eigenvalue weighted by Crippen LogP contribution is -2.43. The van der Waals surface area contributed by atoms with Crippen LogP contribution in [-0.2, 0) is 0 Å². The van der Waals surface area contributed by atoms with E-state index in [1.165, 1.54) is 12.8 Å². The van der Waals surface area contributed by atoms with E-state index in [1.54, 1.807) is 0 Å². The molecule has 0 amide bonds. The van der Waals surface area contributed by atoms with E-state index in [4.69, 9.17) is 0 Å². The van der Waals surface area contributed by atoms with E-state index >= 15 is 0 Å². The molecule has 0 saturated carbocycles. The number of rotatable bonds is 10. The van der Waals surface area contributed by atoms with E-state index in [0.717, 1.165) is 44.5 Å². The summed E-state index contributed by atoms with van der Waals surface area (Å²) in [5.41, 5.74) is 0. The van der Waals surface area contributed by atoms with E-state index in [2.05, 4.69) is 55.1 Å². The van der Waals surface area contributed by atoms with E-state index in [9.17, 15) is 0 Å². The second-order valence-corrected chi connectivity index (χ2v) is 5.90. The van der Waals surface area contributed by atoms with Gasteiger partial charge < -0.3 is 15.5 Å². The highest BCUT2D eigenvalue weighted by molar-refractivity contribution is 5.79. The number of nitrogens with zero attached hydrogens (tertiary/aromatic N) is 2. The van der Waals surface area contributed by atoms with Gasteiger partial charge in [0, 0.05) is 19.6 Å². The summed E-state index contributed by atoms with van der Waals surface area (Å²) in [6.07, 6.45) is 3.60. The SMILES string of the molecule is CCN(CC)CCCNC(=NC)NC(C)CCC(C)C. The Morgan fingerprint density at radius 2 is 1.75 bits per heavy atom. The Morgan fingerprint density at radius 1 is 1.10 bits per heavy atom. The molecule has 1 unspecified atom stereocenters. The molecule has 0 aliphatic heterocycles. The summed E-state index contributed by atoms with van der Waals surface area (Å²) >= 11 is 0. The van der Waals surface area contributed by atoms with Crippen molar-refractivity contribution in [3.63, 3.8) is 0 Å². The maximum absolute atomic E-state index is 4.29. The van der Waals surface area contributed by atoms with Crippen LogP contribution in [-0.4, -0.2) is 50.1 Å². The summed E-state index contributed by atoms with van der Waals surface area (Å²) in [6, 6.07) is 0.478. The number of hydrogen-bond donors (Lipinski definition) is 2. The molecular formula is C16H36N4. The van der Waals surface area contributed by atoms with Crippen molar-refractivity contribution in [2.45, 2.75) is 59.9 Å². The van der Waals surface area contributed by atoms with Crippen LogP contribution in [0.3, 0.4) is 0 Å². The molecule has 1 atom stereocenters. The van der Waals surface area contributed by atoms with Gasteiger partial charge in [-0.15, -0.1) is 0 Å². The topological polar surface area (TPSA) is 39.7 Å². The van der Waals surface area contributed by atoms with Crippen LogP contribution >= 0.6 is 0 Å². The highest BCUT2D eigenvalue weighted by atomic mass is 15.2. The monoisotopic (exact) mass is 284 g/mol. The van der Waals surface area contributed by atoms with Crippen LogP contribution in [0.15, 0.2) is 4.99 Å². The first-order chi connectivity index (χ1) is 9.53. The molecule has 0 heterocycles. The second kappa shape index (κ2) is 12.0. The lowest BCUT2D eigenvalue weighted by atomic mass is 10.0. The third-order valence-corrected chi connectivity index (χ3v) is 3.62. The zero-order valence-electron chi connectivity index (χ0n) is 14.5. The highest BCUT2D eigenvalue weighted by Gasteiger charge is 2.06. The normalized spacial score (nSPS) is 13.9. The molecular weight excluding hydrogens is 248 g/mol. The van der Waals surface area contributed by atoms with Crippen LogP contribution in [0.1, 0.15) is 53.9 Å². The molecule has 0 fully saturated rings. The minimum absolute atomic E-state index is 0.478. The Hall–Kier alpha value is -0.770. The molecule has 0 aliphatic rings. The lowest BCUT2D eigenvalue weighted by Gasteiger charge is -2.20. The zero-order chi connectivity index (χ0) is 15.4. The van der Waals surface area contributed by atoms with E-state index < -0.39 is 0 Å². The van der Waals surface area contributed by atoms with E-state index in [1.807, 2.05) is 7.05 Å². The average molecular weight is 284 g/mol. The molecule has 2 N–H and O–H groups in total. The van der Waals surface area contributed by atoms with Crippen LogP contribution < -0.4 is 10.6 Å². The molecule has 0 aliphatic carbocycles. The summed E-state index contributed by atoms with van der Waals surface area (Å²) in [5.74, 6) is 1.70. The van der Waals surface area contributed by atoms with Crippen molar-refractivity contribution in [1.29, 1.82) is 0 Å². The first-order valence-electron chi connectivity index (χ1n) is 8.22. The molecule has 0 bridgehead atoms. The third-order valence-electron chi connectivity index (χ3n) is 3.62. The third kappa shape index (κ3) is 10.1. The summed E-state index contributed by atoms with van der Waals surface area (Å²) in [7, 11) is 1.84. The Morgan fingerprint density at radius 3 is 2.25 bits per heavy atom. The number of guanidine groups is 1. The highest BCUT2D eigenvalue weighted by Crippen LogP contribution is 2.06. The molecule has 0 radical (unpaired) electrons. The van der Waals surface area contributed by atoms with Gasteiger partial charge in [-0.1, -0.05) is 27.7 Å². The predicted octanol–water partition coefficient (Wildman–Crippen LogP) is 2.71. The van der Waals surface area contributed by atoms with Crippen molar-refractivity contribution in [3.05, 3.63) is 0 Å². The average Bonchev–Trinajstić information content (AvgIpc) is 2.43.